The number of anilines is 1. The smallest absolute Gasteiger partial charge is 0.131 e. The monoisotopic (exact) mass is 265 g/mol. The van der Waals surface area contributed by atoms with Gasteiger partial charge in [-0.3, -0.25) is 0 Å². The van der Waals surface area contributed by atoms with Gasteiger partial charge in [-0.2, -0.15) is 0 Å². The van der Waals surface area contributed by atoms with E-state index in [1.54, 1.807) is 6.20 Å². The van der Waals surface area contributed by atoms with E-state index in [0.29, 0.717) is 5.92 Å². The van der Waals surface area contributed by atoms with Gasteiger partial charge in [-0.25, -0.2) is 4.98 Å². The summed E-state index contributed by atoms with van der Waals surface area (Å²) in [5.74, 6) is 1.63. The first-order chi connectivity index (χ1) is 8.93. The van der Waals surface area contributed by atoms with Crippen LogP contribution in [0.1, 0.15) is 25.0 Å². The van der Waals surface area contributed by atoms with Crippen LogP contribution in [-0.2, 0) is 6.61 Å². The van der Waals surface area contributed by atoms with Crippen molar-refractivity contribution in [3.63, 3.8) is 0 Å². The second-order valence-electron chi connectivity index (χ2n) is 5.79. The molecule has 1 aromatic heterocycles. The van der Waals surface area contributed by atoms with E-state index in [9.17, 15) is 0 Å². The Labute approximate surface area is 117 Å². The van der Waals surface area contributed by atoms with Gasteiger partial charge in [0.2, 0.25) is 0 Å². The van der Waals surface area contributed by atoms with Crippen molar-refractivity contribution in [1.82, 2.24) is 9.88 Å². The Balaban J connectivity index is 2.89. The summed E-state index contributed by atoms with van der Waals surface area (Å²) in [5, 5.41) is 9.15. The van der Waals surface area contributed by atoms with Crippen molar-refractivity contribution in [2.45, 2.75) is 27.4 Å². The third-order valence-electron chi connectivity index (χ3n) is 2.99. The van der Waals surface area contributed by atoms with Crippen LogP contribution in [0.15, 0.2) is 12.3 Å². The van der Waals surface area contributed by atoms with Crippen LogP contribution in [0, 0.1) is 12.8 Å². The van der Waals surface area contributed by atoms with Gasteiger partial charge in [-0.1, -0.05) is 13.8 Å². The molecule has 0 aliphatic heterocycles. The van der Waals surface area contributed by atoms with E-state index in [1.807, 2.05) is 6.07 Å². The lowest BCUT2D eigenvalue weighted by Crippen LogP contribution is -2.35. The van der Waals surface area contributed by atoms with Crippen molar-refractivity contribution in [2.75, 3.05) is 38.6 Å². The Hall–Kier alpha value is -1.13. The number of likely N-dealkylation sites (N-methyl/N-ethyl adjacent to an activating group) is 1. The molecule has 0 radical (unpaired) electrons. The minimum atomic E-state index is 0.0516. The average Bonchev–Trinajstić information content (AvgIpc) is 2.34. The van der Waals surface area contributed by atoms with Crippen molar-refractivity contribution in [1.29, 1.82) is 0 Å². The van der Waals surface area contributed by atoms with Crippen LogP contribution in [0.25, 0.3) is 0 Å². The fourth-order valence-corrected chi connectivity index (χ4v) is 2.09. The van der Waals surface area contributed by atoms with E-state index in [0.717, 1.165) is 36.6 Å². The number of hydrogen-bond donors (Lipinski definition) is 1. The number of pyridine rings is 1. The van der Waals surface area contributed by atoms with E-state index < -0.39 is 0 Å². The molecule has 1 aromatic rings. The van der Waals surface area contributed by atoms with Crippen LogP contribution in [0.3, 0.4) is 0 Å². The van der Waals surface area contributed by atoms with Crippen molar-refractivity contribution in [3.05, 3.63) is 23.4 Å². The van der Waals surface area contributed by atoms with Gasteiger partial charge in [0.1, 0.15) is 5.82 Å². The predicted octanol–water partition coefficient (Wildman–Crippen LogP) is 1.91. The molecule has 0 spiro atoms. The Morgan fingerprint density at radius 1 is 1.26 bits per heavy atom. The van der Waals surface area contributed by atoms with E-state index in [-0.39, 0.29) is 6.61 Å². The molecule has 1 N–H and O–H groups in total. The SMILES string of the molecule is Cc1cc(CO)cnc1N(CCN(C)C)CC(C)C. The normalized spacial score (nSPS) is 11.4. The maximum absolute atomic E-state index is 9.15. The van der Waals surface area contributed by atoms with Crippen molar-refractivity contribution in [2.24, 2.45) is 5.92 Å². The number of nitrogens with zero attached hydrogens (tertiary/aromatic N) is 3. The highest BCUT2D eigenvalue weighted by molar-refractivity contribution is 5.47. The van der Waals surface area contributed by atoms with Gasteiger partial charge in [-0.05, 0) is 44.1 Å². The van der Waals surface area contributed by atoms with Crippen molar-refractivity contribution >= 4 is 5.82 Å². The number of aryl methyl sites for hydroxylation is 1. The zero-order valence-corrected chi connectivity index (χ0v) is 12.8. The van der Waals surface area contributed by atoms with Gasteiger partial charge < -0.3 is 14.9 Å². The summed E-state index contributed by atoms with van der Waals surface area (Å²) in [6.07, 6.45) is 1.77. The lowest BCUT2D eigenvalue weighted by Gasteiger charge is -2.28. The Morgan fingerprint density at radius 3 is 2.42 bits per heavy atom. The molecule has 0 atom stereocenters. The quantitative estimate of drug-likeness (QED) is 0.817. The first-order valence-corrected chi connectivity index (χ1v) is 6.90. The lowest BCUT2D eigenvalue weighted by atomic mass is 10.1. The Kier molecular flexibility index (Phi) is 6.25. The molecule has 1 heterocycles. The highest BCUT2D eigenvalue weighted by Gasteiger charge is 2.13. The number of hydrogen-bond acceptors (Lipinski definition) is 4. The third kappa shape index (κ3) is 5.17. The van der Waals surface area contributed by atoms with Crippen LogP contribution in [-0.4, -0.2) is 48.7 Å². The molecule has 108 valence electrons. The van der Waals surface area contributed by atoms with Gasteiger partial charge in [0.15, 0.2) is 0 Å². The molecule has 1 rings (SSSR count). The van der Waals surface area contributed by atoms with Crippen LogP contribution in [0.5, 0.6) is 0 Å². The summed E-state index contributed by atoms with van der Waals surface area (Å²) in [6, 6.07) is 2.02. The first kappa shape index (κ1) is 15.9. The van der Waals surface area contributed by atoms with Gasteiger partial charge in [0.25, 0.3) is 0 Å². The topological polar surface area (TPSA) is 39.6 Å². The molecule has 0 aliphatic rings. The molecule has 0 aliphatic carbocycles. The number of rotatable bonds is 7. The average molecular weight is 265 g/mol. The largest absolute Gasteiger partial charge is 0.392 e. The fourth-order valence-electron chi connectivity index (χ4n) is 2.09. The minimum Gasteiger partial charge on any atom is -0.392 e. The zero-order chi connectivity index (χ0) is 14.4. The molecule has 4 nitrogen and oxygen atoms in total. The van der Waals surface area contributed by atoms with Crippen molar-refractivity contribution < 1.29 is 5.11 Å². The summed E-state index contributed by atoms with van der Waals surface area (Å²) >= 11 is 0. The molecule has 4 heteroatoms. The van der Waals surface area contributed by atoms with Gasteiger partial charge in [-0.15, -0.1) is 0 Å². The molecule has 0 fully saturated rings. The highest BCUT2D eigenvalue weighted by atomic mass is 16.3. The van der Waals surface area contributed by atoms with Crippen molar-refractivity contribution in [3.8, 4) is 0 Å². The molecule has 0 saturated heterocycles. The van der Waals surface area contributed by atoms with E-state index in [1.165, 1.54) is 0 Å². The maximum atomic E-state index is 9.15. The van der Waals surface area contributed by atoms with Gasteiger partial charge in [0.05, 0.1) is 6.61 Å². The van der Waals surface area contributed by atoms with E-state index >= 15 is 0 Å². The number of aromatic nitrogens is 1. The first-order valence-electron chi connectivity index (χ1n) is 6.90. The molecule has 0 unspecified atom stereocenters. The zero-order valence-electron chi connectivity index (χ0n) is 12.8. The van der Waals surface area contributed by atoms with Gasteiger partial charge in [0, 0.05) is 25.8 Å². The second-order valence-corrected chi connectivity index (χ2v) is 5.79. The number of aliphatic hydroxyl groups is 1. The molecular weight excluding hydrogens is 238 g/mol. The third-order valence-corrected chi connectivity index (χ3v) is 2.99. The number of aliphatic hydroxyl groups excluding tert-OH is 1. The molecule has 0 amide bonds. The molecule has 19 heavy (non-hydrogen) atoms. The van der Waals surface area contributed by atoms with Crippen LogP contribution < -0.4 is 4.90 Å². The summed E-state index contributed by atoms with van der Waals surface area (Å²) < 4.78 is 0. The molecule has 0 bridgehead atoms. The molecule has 0 saturated carbocycles. The fraction of sp³-hybridized carbons (Fsp3) is 0.667. The van der Waals surface area contributed by atoms with Crippen LogP contribution in [0.2, 0.25) is 0 Å². The van der Waals surface area contributed by atoms with Crippen LogP contribution >= 0.6 is 0 Å². The summed E-state index contributed by atoms with van der Waals surface area (Å²) in [4.78, 5) is 9.05. The van der Waals surface area contributed by atoms with E-state index in [4.69, 9.17) is 5.11 Å². The summed E-state index contributed by atoms with van der Waals surface area (Å²) in [5.41, 5.74) is 2.00. The predicted molar refractivity (Wildman–Crippen MR) is 80.5 cm³/mol. The maximum Gasteiger partial charge on any atom is 0.131 e. The highest BCUT2D eigenvalue weighted by Crippen LogP contribution is 2.19. The lowest BCUT2D eigenvalue weighted by molar-refractivity contribution is 0.281. The minimum absolute atomic E-state index is 0.0516. The standard InChI is InChI=1S/C15H27N3O/c1-12(2)10-18(7-6-17(4)5)15-13(3)8-14(11-19)9-16-15/h8-9,12,19H,6-7,10-11H2,1-5H3. The summed E-state index contributed by atoms with van der Waals surface area (Å²) in [7, 11) is 4.17. The second kappa shape index (κ2) is 7.46. The Bertz CT molecular complexity index is 391. The van der Waals surface area contributed by atoms with Gasteiger partial charge >= 0.3 is 0 Å². The Morgan fingerprint density at radius 2 is 1.95 bits per heavy atom. The molecular formula is C15H27N3O. The summed E-state index contributed by atoms with van der Waals surface area (Å²) in [6.45, 7) is 9.54. The van der Waals surface area contributed by atoms with Crippen LogP contribution in [0.4, 0.5) is 5.82 Å². The van der Waals surface area contributed by atoms with E-state index in [2.05, 4.69) is 49.7 Å². The molecule has 0 aromatic carbocycles.